The van der Waals surface area contributed by atoms with Gasteiger partial charge in [-0.1, -0.05) is 75.7 Å². The van der Waals surface area contributed by atoms with Gasteiger partial charge in [0.15, 0.2) is 0 Å². The van der Waals surface area contributed by atoms with Crippen LogP contribution in [0.25, 0.3) is 0 Å². The maximum absolute atomic E-state index is 2.28. The summed E-state index contributed by atoms with van der Waals surface area (Å²) in [6.07, 6.45) is 2.77. The molecule has 0 aromatic rings. The van der Waals surface area contributed by atoms with Crippen LogP contribution in [0.15, 0.2) is 0 Å². The van der Waals surface area contributed by atoms with Crippen molar-refractivity contribution in [3.63, 3.8) is 0 Å². The lowest BCUT2D eigenvalue weighted by molar-refractivity contribution is 0.476. The fourth-order valence-corrected chi connectivity index (χ4v) is 0.667. The minimum absolute atomic E-state index is 0. The average molecular weight is 190 g/mol. The van der Waals surface area contributed by atoms with Gasteiger partial charge in [0, 0.05) is 0 Å². The molecule has 0 heteroatoms. The van der Waals surface area contributed by atoms with Crippen molar-refractivity contribution < 1.29 is 0 Å². The summed E-state index contributed by atoms with van der Waals surface area (Å²) in [5.41, 5.74) is 0. The first-order chi connectivity index (χ1) is 5.63. The molecule has 0 aromatic carbocycles. The molecule has 0 nitrogen and oxygen atoms in total. The Hall–Kier alpha value is 0. The van der Waals surface area contributed by atoms with Crippen molar-refractivity contribution in [2.75, 3.05) is 0 Å². The molecule has 0 aliphatic heterocycles. The van der Waals surface area contributed by atoms with Crippen molar-refractivity contribution >= 4 is 0 Å². The van der Waals surface area contributed by atoms with Crippen LogP contribution in [-0.2, 0) is 0 Å². The molecule has 0 aliphatic carbocycles. The zero-order valence-electron chi connectivity index (χ0n) is 10.6. The van der Waals surface area contributed by atoms with Crippen LogP contribution in [0.2, 0.25) is 0 Å². The molecule has 0 N–H and O–H groups in total. The van der Waals surface area contributed by atoms with Crippen LogP contribution in [0, 0.1) is 11.8 Å². The van der Waals surface area contributed by atoms with Gasteiger partial charge in [0.1, 0.15) is 0 Å². The minimum Gasteiger partial charge on any atom is -0.0776 e. The average Bonchev–Trinajstić information content (AvgIpc) is 2.08. The van der Waals surface area contributed by atoms with Crippen molar-refractivity contribution in [1.29, 1.82) is 0 Å². The Morgan fingerprint density at radius 3 is 0.846 bits per heavy atom. The highest BCUT2D eigenvalue weighted by molar-refractivity contribution is 4.48. The van der Waals surface area contributed by atoms with E-state index in [4.69, 9.17) is 0 Å². The standard InChI is InChI=1S/C8H18.2C2H6.CH4/c1-7(2)5-6-8(3)4;2*1-2;/h7-8H,5-6H2,1-4H3;2*1-2H3;1H4. The van der Waals surface area contributed by atoms with Gasteiger partial charge in [0.2, 0.25) is 0 Å². The van der Waals surface area contributed by atoms with E-state index in [-0.39, 0.29) is 7.43 Å². The Balaban J connectivity index is -0.0000000712. The molecular formula is C13H34. The summed E-state index contributed by atoms with van der Waals surface area (Å²) in [5.74, 6) is 1.77. The second-order valence-electron chi connectivity index (χ2n) is 3.37. The first kappa shape index (κ1) is 23.1. The van der Waals surface area contributed by atoms with Crippen LogP contribution in [0.3, 0.4) is 0 Å². The van der Waals surface area contributed by atoms with Gasteiger partial charge in [0.05, 0.1) is 0 Å². The maximum atomic E-state index is 2.28. The molecule has 13 heavy (non-hydrogen) atoms. The van der Waals surface area contributed by atoms with Crippen molar-refractivity contribution in [3.05, 3.63) is 0 Å². The molecule has 0 aliphatic rings. The maximum Gasteiger partial charge on any atom is -0.0471 e. The minimum atomic E-state index is 0. The number of hydrogen-bond donors (Lipinski definition) is 0. The van der Waals surface area contributed by atoms with Crippen LogP contribution in [0.4, 0.5) is 0 Å². The first-order valence-electron chi connectivity index (χ1n) is 5.63. The largest absolute Gasteiger partial charge is 0.0776 e. The van der Waals surface area contributed by atoms with E-state index in [1.165, 1.54) is 12.8 Å². The van der Waals surface area contributed by atoms with Crippen molar-refractivity contribution in [1.82, 2.24) is 0 Å². The highest BCUT2D eigenvalue weighted by atomic mass is 14.0. The van der Waals surface area contributed by atoms with Gasteiger partial charge in [-0.25, -0.2) is 0 Å². The molecule has 0 amide bonds. The van der Waals surface area contributed by atoms with E-state index in [9.17, 15) is 0 Å². The molecular weight excluding hydrogens is 156 g/mol. The van der Waals surface area contributed by atoms with Gasteiger partial charge >= 0.3 is 0 Å². The molecule has 0 fully saturated rings. The highest BCUT2D eigenvalue weighted by Gasteiger charge is 1.95. The zero-order chi connectivity index (χ0) is 10.6. The molecule has 0 spiro atoms. The molecule has 86 valence electrons. The van der Waals surface area contributed by atoms with E-state index in [1.54, 1.807) is 0 Å². The van der Waals surface area contributed by atoms with E-state index in [1.807, 2.05) is 27.7 Å². The summed E-state index contributed by atoms with van der Waals surface area (Å²) >= 11 is 0. The topological polar surface area (TPSA) is 0 Å². The summed E-state index contributed by atoms with van der Waals surface area (Å²) in [6, 6.07) is 0. The van der Waals surface area contributed by atoms with Gasteiger partial charge in [-0.15, -0.1) is 0 Å². The van der Waals surface area contributed by atoms with Crippen LogP contribution in [-0.4, -0.2) is 0 Å². The smallest absolute Gasteiger partial charge is 0.0471 e. The Morgan fingerprint density at radius 1 is 0.615 bits per heavy atom. The van der Waals surface area contributed by atoms with Gasteiger partial charge in [-0.3, -0.25) is 0 Å². The van der Waals surface area contributed by atoms with Crippen molar-refractivity contribution in [2.24, 2.45) is 11.8 Å². The van der Waals surface area contributed by atoms with Crippen LogP contribution >= 0.6 is 0 Å². The SMILES string of the molecule is C.CC.CC.CC(C)CCC(C)C. The number of hydrogen-bond acceptors (Lipinski definition) is 0. The third-order valence-corrected chi connectivity index (χ3v) is 1.32. The third-order valence-electron chi connectivity index (χ3n) is 1.32. The summed E-state index contributed by atoms with van der Waals surface area (Å²) in [6.45, 7) is 17.1. The predicted octanol–water partition coefficient (Wildman–Crippen LogP) is 5.77. The van der Waals surface area contributed by atoms with Gasteiger partial charge in [-0.05, 0) is 11.8 Å². The Labute approximate surface area is 88.1 Å². The molecule has 0 heterocycles. The Morgan fingerprint density at radius 2 is 0.769 bits per heavy atom. The normalized spacial score (nSPS) is 7.85. The van der Waals surface area contributed by atoms with E-state index in [0.29, 0.717) is 0 Å². The van der Waals surface area contributed by atoms with Gasteiger partial charge < -0.3 is 0 Å². The predicted molar refractivity (Wildman–Crippen MR) is 68.3 cm³/mol. The second-order valence-corrected chi connectivity index (χ2v) is 3.37. The van der Waals surface area contributed by atoms with Crippen LogP contribution < -0.4 is 0 Å². The second kappa shape index (κ2) is 22.7. The molecule has 0 rings (SSSR count). The first-order valence-corrected chi connectivity index (χ1v) is 5.63. The molecule has 0 unspecified atom stereocenters. The number of rotatable bonds is 3. The van der Waals surface area contributed by atoms with E-state index < -0.39 is 0 Å². The van der Waals surface area contributed by atoms with Crippen LogP contribution in [0.5, 0.6) is 0 Å². The van der Waals surface area contributed by atoms with Gasteiger partial charge in [0.25, 0.3) is 0 Å². The molecule has 0 aromatic heterocycles. The fraction of sp³-hybridized carbons (Fsp3) is 1.00. The molecule has 0 saturated heterocycles. The van der Waals surface area contributed by atoms with E-state index in [2.05, 4.69) is 27.7 Å². The molecule has 0 radical (unpaired) electrons. The summed E-state index contributed by atoms with van der Waals surface area (Å²) in [5, 5.41) is 0. The Kier molecular flexibility index (Phi) is 40.3. The van der Waals surface area contributed by atoms with E-state index >= 15 is 0 Å². The fourth-order valence-electron chi connectivity index (χ4n) is 0.667. The monoisotopic (exact) mass is 190 g/mol. The summed E-state index contributed by atoms with van der Waals surface area (Å²) in [4.78, 5) is 0. The summed E-state index contributed by atoms with van der Waals surface area (Å²) in [7, 11) is 0. The third kappa shape index (κ3) is 48.0. The van der Waals surface area contributed by atoms with Crippen LogP contribution in [0.1, 0.15) is 75.7 Å². The molecule has 0 atom stereocenters. The van der Waals surface area contributed by atoms with Crippen molar-refractivity contribution in [2.45, 2.75) is 75.7 Å². The Bertz CT molecular complexity index is 36.0. The van der Waals surface area contributed by atoms with Crippen molar-refractivity contribution in [3.8, 4) is 0 Å². The lowest BCUT2D eigenvalue weighted by Gasteiger charge is -2.05. The lowest BCUT2D eigenvalue weighted by Crippen LogP contribution is -1.91. The zero-order valence-corrected chi connectivity index (χ0v) is 10.6. The van der Waals surface area contributed by atoms with Gasteiger partial charge in [-0.2, -0.15) is 0 Å². The van der Waals surface area contributed by atoms with E-state index in [0.717, 1.165) is 11.8 Å². The lowest BCUT2D eigenvalue weighted by atomic mass is 10.0. The highest BCUT2D eigenvalue weighted by Crippen LogP contribution is 2.09. The molecule has 0 saturated carbocycles. The summed E-state index contributed by atoms with van der Waals surface area (Å²) < 4.78 is 0. The quantitative estimate of drug-likeness (QED) is 0.530. The molecule has 0 bridgehead atoms.